The van der Waals surface area contributed by atoms with Crippen molar-refractivity contribution in [1.82, 2.24) is 10.2 Å². The first-order chi connectivity index (χ1) is 8.63. The summed E-state index contributed by atoms with van der Waals surface area (Å²) in [6.07, 6.45) is 1.12. The van der Waals surface area contributed by atoms with Crippen molar-refractivity contribution in [3.63, 3.8) is 0 Å². The van der Waals surface area contributed by atoms with E-state index in [1.807, 2.05) is 17.3 Å². The second-order valence-corrected chi connectivity index (χ2v) is 6.24. The second-order valence-electron chi connectivity index (χ2n) is 5.32. The summed E-state index contributed by atoms with van der Waals surface area (Å²) in [6, 6.07) is 2.09. The summed E-state index contributed by atoms with van der Waals surface area (Å²) in [6.45, 7) is 7.10. The molecule has 0 unspecified atom stereocenters. The number of carbonyl (C=O) groups is 1. The molecule has 18 heavy (non-hydrogen) atoms. The van der Waals surface area contributed by atoms with Crippen LogP contribution in [0, 0.1) is 5.92 Å². The predicted octanol–water partition coefficient (Wildman–Crippen LogP) is 2.55. The van der Waals surface area contributed by atoms with Gasteiger partial charge in [-0.05, 0) is 48.9 Å². The van der Waals surface area contributed by atoms with Gasteiger partial charge in [0.1, 0.15) is 0 Å². The molecular formula is C14H22N2OS. The van der Waals surface area contributed by atoms with Gasteiger partial charge >= 0.3 is 0 Å². The molecular weight excluding hydrogens is 244 g/mol. The lowest BCUT2D eigenvalue weighted by Gasteiger charge is -2.17. The van der Waals surface area contributed by atoms with Crippen molar-refractivity contribution in [2.45, 2.75) is 26.2 Å². The standard InChI is InChI=1S/C14H22N2OS/c1-10(2)12-5-7-18-13(12)14(17)16-6-4-11(9-16)8-15-3/h5,7,10-11,15H,4,6,8-9H2,1-3H3/t11-/m0/s1. The first kappa shape index (κ1) is 13.6. The van der Waals surface area contributed by atoms with Crippen molar-refractivity contribution < 1.29 is 4.79 Å². The van der Waals surface area contributed by atoms with Crippen molar-refractivity contribution >= 4 is 17.2 Å². The lowest BCUT2D eigenvalue weighted by Crippen LogP contribution is -2.30. The molecule has 1 fully saturated rings. The van der Waals surface area contributed by atoms with Crippen LogP contribution in [0.25, 0.3) is 0 Å². The van der Waals surface area contributed by atoms with E-state index in [1.165, 1.54) is 5.56 Å². The molecule has 4 heteroatoms. The van der Waals surface area contributed by atoms with E-state index in [2.05, 4.69) is 25.2 Å². The molecule has 1 aromatic rings. The fourth-order valence-corrected chi connectivity index (χ4v) is 3.58. The van der Waals surface area contributed by atoms with Gasteiger partial charge in [0.05, 0.1) is 4.88 Å². The molecule has 0 aromatic carbocycles. The van der Waals surface area contributed by atoms with Crippen LogP contribution in [0.1, 0.15) is 41.4 Å². The van der Waals surface area contributed by atoms with Crippen molar-refractivity contribution in [2.75, 3.05) is 26.7 Å². The Bertz CT molecular complexity index is 414. The molecule has 0 radical (unpaired) electrons. The van der Waals surface area contributed by atoms with Gasteiger partial charge in [0.15, 0.2) is 0 Å². The van der Waals surface area contributed by atoms with Crippen molar-refractivity contribution in [3.8, 4) is 0 Å². The highest BCUT2D eigenvalue weighted by Crippen LogP contribution is 2.28. The highest BCUT2D eigenvalue weighted by atomic mass is 32.1. The van der Waals surface area contributed by atoms with E-state index in [-0.39, 0.29) is 5.91 Å². The summed E-state index contributed by atoms with van der Waals surface area (Å²) in [5, 5.41) is 5.23. The van der Waals surface area contributed by atoms with E-state index in [0.717, 1.165) is 30.9 Å². The molecule has 2 rings (SSSR count). The summed E-state index contributed by atoms with van der Waals surface area (Å²) in [5.74, 6) is 1.26. The summed E-state index contributed by atoms with van der Waals surface area (Å²) >= 11 is 1.58. The average Bonchev–Trinajstić information content (AvgIpc) is 2.96. The lowest BCUT2D eigenvalue weighted by atomic mass is 10.0. The smallest absolute Gasteiger partial charge is 0.264 e. The van der Waals surface area contributed by atoms with Crippen LogP contribution in [-0.2, 0) is 0 Å². The molecule has 1 aliphatic rings. The van der Waals surface area contributed by atoms with Crippen LogP contribution in [0.15, 0.2) is 11.4 Å². The van der Waals surface area contributed by atoms with Gasteiger partial charge in [-0.25, -0.2) is 0 Å². The summed E-state index contributed by atoms with van der Waals surface area (Å²) in [4.78, 5) is 15.5. The Morgan fingerprint density at radius 3 is 3.06 bits per heavy atom. The number of thiophene rings is 1. The van der Waals surface area contributed by atoms with Gasteiger partial charge in [-0.2, -0.15) is 0 Å². The normalized spacial score (nSPS) is 19.8. The van der Waals surface area contributed by atoms with Crippen LogP contribution in [0.2, 0.25) is 0 Å². The number of hydrogen-bond donors (Lipinski definition) is 1. The third kappa shape index (κ3) is 2.75. The Morgan fingerprint density at radius 2 is 2.39 bits per heavy atom. The van der Waals surface area contributed by atoms with Gasteiger partial charge in [-0.15, -0.1) is 11.3 Å². The number of amides is 1. The minimum absolute atomic E-state index is 0.229. The maximum Gasteiger partial charge on any atom is 0.264 e. The average molecular weight is 266 g/mol. The zero-order valence-corrected chi connectivity index (χ0v) is 12.2. The highest BCUT2D eigenvalue weighted by molar-refractivity contribution is 7.12. The molecule has 0 saturated carbocycles. The molecule has 1 atom stereocenters. The minimum atomic E-state index is 0.229. The first-order valence-corrected chi connectivity index (χ1v) is 7.52. The Labute approximate surface area is 113 Å². The number of nitrogens with one attached hydrogen (secondary N) is 1. The molecule has 0 spiro atoms. The lowest BCUT2D eigenvalue weighted by molar-refractivity contribution is 0.0790. The van der Waals surface area contributed by atoms with Gasteiger partial charge in [0, 0.05) is 13.1 Å². The molecule has 1 amide bonds. The fourth-order valence-electron chi connectivity index (χ4n) is 2.56. The third-order valence-electron chi connectivity index (χ3n) is 3.58. The molecule has 1 N–H and O–H groups in total. The Kier molecular flexibility index (Phi) is 4.40. The summed E-state index contributed by atoms with van der Waals surface area (Å²) in [7, 11) is 1.97. The Balaban J connectivity index is 2.06. The van der Waals surface area contributed by atoms with E-state index in [4.69, 9.17) is 0 Å². The highest BCUT2D eigenvalue weighted by Gasteiger charge is 2.28. The maximum atomic E-state index is 12.5. The molecule has 1 aromatic heterocycles. The monoisotopic (exact) mass is 266 g/mol. The van der Waals surface area contributed by atoms with Crippen molar-refractivity contribution in [3.05, 3.63) is 21.9 Å². The predicted molar refractivity (Wildman–Crippen MR) is 76.3 cm³/mol. The number of hydrogen-bond acceptors (Lipinski definition) is 3. The number of rotatable bonds is 4. The SMILES string of the molecule is CNC[C@@H]1CCN(C(=O)c2sccc2C(C)C)C1. The van der Waals surface area contributed by atoms with Crippen LogP contribution in [-0.4, -0.2) is 37.5 Å². The number of likely N-dealkylation sites (tertiary alicyclic amines) is 1. The van der Waals surface area contributed by atoms with Crippen LogP contribution in [0.3, 0.4) is 0 Å². The van der Waals surface area contributed by atoms with E-state index in [0.29, 0.717) is 11.8 Å². The molecule has 2 heterocycles. The summed E-state index contributed by atoms with van der Waals surface area (Å²) in [5.41, 5.74) is 1.20. The zero-order chi connectivity index (χ0) is 13.1. The first-order valence-electron chi connectivity index (χ1n) is 6.64. The quantitative estimate of drug-likeness (QED) is 0.908. The molecule has 100 valence electrons. The van der Waals surface area contributed by atoms with E-state index in [9.17, 15) is 4.79 Å². The van der Waals surface area contributed by atoms with Gasteiger partial charge in [-0.3, -0.25) is 4.79 Å². The van der Waals surface area contributed by atoms with Crippen molar-refractivity contribution in [2.24, 2.45) is 5.92 Å². The zero-order valence-electron chi connectivity index (χ0n) is 11.4. The minimum Gasteiger partial charge on any atom is -0.338 e. The number of carbonyl (C=O) groups excluding carboxylic acids is 1. The molecule has 1 saturated heterocycles. The van der Waals surface area contributed by atoms with E-state index >= 15 is 0 Å². The fraction of sp³-hybridized carbons (Fsp3) is 0.643. The van der Waals surface area contributed by atoms with Crippen molar-refractivity contribution in [1.29, 1.82) is 0 Å². The van der Waals surface area contributed by atoms with E-state index < -0.39 is 0 Å². The third-order valence-corrected chi connectivity index (χ3v) is 4.50. The maximum absolute atomic E-state index is 12.5. The molecule has 3 nitrogen and oxygen atoms in total. The van der Waals surface area contributed by atoms with Crippen LogP contribution in [0.4, 0.5) is 0 Å². The van der Waals surface area contributed by atoms with Crippen LogP contribution < -0.4 is 5.32 Å². The largest absolute Gasteiger partial charge is 0.338 e. The van der Waals surface area contributed by atoms with Gasteiger partial charge < -0.3 is 10.2 Å². The van der Waals surface area contributed by atoms with Gasteiger partial charge in [0.25, 0.3) is 5.91 Å². The van der Waals surface area contributed by atoms with Gasteiger partial charge in [-0.1, -0.05) is 13.8 Å². The number of nitrogens with zero attached hydrogens (tertiary/aromatic N) is 1. The molecule has 0 bridgehead atoms. The Hall–Kier alpha value is -0.870. The molecule has 1 aliphatic heterocycles. The molecule has 0 aliphatic carbocycles. The topological polar surface area (TPSA) is 32.3 Å². The van der Waals surface area contributed by atoms with Gasteiger partial charge in [0.2, 0.25) is 0 Å². The van der Waals surface area contributed by atoms with Crippen LogP contribution in [0.5, 0.6) is 0 Å². The van der Waals surface area contributed by atoms with E-state index in [1.54, 1.807) is 11.3 Å². The summed E-state index contributed by atoms with van der Waals surface area (Å²) < 4.78 is 0. The second kappa shape index (κ2) is 5.85. The Morgan fingerprint density at radius 1 is 1.61 bits per heavy atom. The van der Waals surface area contributed by atoms with Crippen LogP contribution >= 0.6 is 11.3 Å².